The molecule has 0 spiro atoms. The van der Waals surface area contributed by atoms with Crippen molar-refractivity contribution in [3.05, 3.63) is 21.4 Å². The highest BCUT2D eigenvalue weighted by molar-refractivity contribution is 7.92. The van der Waals surface area contributed by atoms with Gasteiger partial charge in [-0.25, -0.2) is 13.9 Å². The molecule has 0 bridgehead atoms. The number of thiophene rings is 1. The van der Waals surface area contributed by atoms with E-state index < -0.39 is 20.5 Å². The number of hydrogen-bond acceptors (Lipinski definition) is 8. The molecular formula is C21H25N3O6S2. The third-order valence-electron chi connectivity index (χ3n) is 6.12. The number of hydroxylamine groups is 1. The zero-order chi connectivity index (χ0) is 23.7. The first-order chi connectivity index (χ1) is 15.0. The Hall–Kier alpha value is -2.41. The fourth-order valence-electron chi connectivity index (χ4n) is 3.69. The van der Waals surface area contributed by atoms with E-state index in [0.29, 0.717) is 16.3 Å². The monoisotopic (exact) mass is 479 g/mol. The minimum absolute atomic E-state index is 0.0472. The van der Waals surface area contributed by atoms with Crippen LogP contribution in [0, 0.1) is 29.6 Å². The van der Waals surface area contributed by atoms with Gasteiger partial charge in [-0.15, -0.1) is 11.3 Å². The van der Waals surface area contributed by atoms with Crippen LogP contribution in [0.5, 0.6) is 0 Å². The van der Waals surface area contributed by atoms with E-state index in [1.54, 1.807) is 0 Å². The first-order valence-electron chi connectivity index (χ1n) is 9.90. The van der Waals surface area contributed by atoms with Gasteiger partial charge in [0.1, 0.15) is 0 Å². The van der Waals surface area contributed by atoms with E-state index in [0.717, 1.165) is 18.4 Å². The summed E-state index contributed by atoms with van der Waals surface area (Å²) in [7, 11) is -1.89. The maximum atomic E-state index is 12.7. The smallest absolute Gasteiger partial charge is 0.264 e. The number of nitrogens with zero attached hydrogens (tertiary/aromatic N) is 2. The first kappa shape index (κ1) is 24.2. The van der Waals surface area contributed by atoms with Crippen LogP contribution in [0.3, 0.4) is 0 Å². The Bertz CT molecular complexity index is 1150. The lowest BCUT2D eigenvalue weighted by Gasteiger charge is -2.42. The summed E-state index contributed by atoms with van der Waals surface area (Å²) in [5.41, 5.74) is 2.20. The maximum absolute atomic E-state index is 12.7. The normalized spacial score (nSPS) is 22.0. The number of carbonyl (C=O) groups excluding carboxylic acids is 2. The Labute approximate surface area is 191 Å². The highest BCUT2D eigenvalue weighted by Crippen LogP contribution is 2.32. The number of likely N-dealkylation sites (tertiary alicyclic amines) is 1. The lowest BCUT2D eigenvalue weighted by atomic mass is 9.90. The molecule has 1 aromatic heterocycles. The molecule has 1 aromatic rings. The number of nitrogens with one attached hydrogen (secondary N) is 1. The third-order valence-corrected chi connectivity index (χ3v) is 9.23. The van der Waals surface area contributed by atoms with Crippen LogP contribution in [0.1, 0.15) is 33.5 Å². The van der Waals surface area contributed by atoms with Crippen LogP contribution in [-0.2, 0) is 21.2 Å². The van der Waals surface area contributed by atoms with E-state index in [2.05, 4.69) is 23.7 Å². The summed E-state index contributed by atoms with van der Waals surface area (Å²) >= 11 is 1.25. The molecule has 172 valence electrons. The highest BCUT2D eigenvalue weighted by Gasteiger charge is 2.44. The standard InChI is InChI=1S/C21H25N3O6S2/c1-21(20(27)22-28,32(3,29)30)8-9-24-12-15-10-16(31-18(15)19(24)26)7-5-4-6-14-11-23(2)17(14)13-25/h10,14,17,25,28H,8-9,11-13H2,1-3H3,(H,22,27)/t14-,17+,21-/m1/s1. The SMILES string of the molecule is CN1C[C@@H](C#CC#Cc2cc3c(s2)C(=O)N(CC[C@](C)(C(=O)NO)S(C)(=O)=O)C3)[C@@H]1CO. The molecule has 3 rings (SSSR count). The second kappa shape index (κ2) is 9.22. The molecule has 0 unspecified atom stereocenters. The quantitative estimate of drug-likeness (QED) is 0.290. The summed E-state index contributed by atoms with van der Waals surface area (Å²) in [5.74, 6) is 10.4. The van der Waals surface area contributed by atoms with Gasteiger partial charge in [0.2, 0.25) is 0 Å². The Morgan fingerprint density at radius 2 is 2.12 bits per heavy atom. The van der Waals surface area contributed by atoms with Gasteiger partial charge in [-0.2, -0.15) is 0 Å². The van der Waals surface area contributed by atoms with Crippen molar-refractivity contribution in [1.29, 1.82) is 0 Å². The molecule has 9 nitrogen and oxygen atoms in total. The Balaban J connectivity index is 1.63. The average molecular weight is 480 g/mol. The van der Waals surface area contributed by atoms with Crippen molar-refractivity contribution in [2.24, 2.45) is 5.92 Å². The van der Waals surface area contributed by atoms with Crippen LogP contribution in [0.25, 0.3) is 0 Å². The molecule has 3 heterocycles. The molecule has 2 aliphatic heterocycles. The molecule has 0 aliphatic carbocycles. The molecular weight excluding hydrogens is 454 g/mol. The summed E-state index contributed by atoms with van der Waals surface area (Å²) in [6, 6.07) is 1.86. The number of aliphatic hydroxyl groups excluding tert-OH is 1. The van der Waals surface area contributed by atoms with Gasteiger partial charge in [0.25, 0.3) is 11.8 Å². The van der Waals surface area contributed by atoms with Gasteiger partial charge in [-0.3, -0.25) is 19.7 Å². The molecule has 1 fully saturated rings. The van der Waals surface area contributed by atoms with Gasteiger partial charge in [0.05, 0.1) is 22.3 Å². The van der Waals surface area contributed by atoms with Crippen molar-refractivity contribution >= 4 is 33.0 Å². The molecule has 0 radical (unpaired) electrons. The number of fused-ring (bicyclic) bond motifs is 1. The van der Waals surface area contributed by atoms with E-state index in [9.17, 15) is 23.1 Å². The van der Waals surface area contributed by atoms with Crippen LogP contribution in [0.4, 0.5) is 0 Å². The largest absolute Gasteiger partial charge is 0.395 e. The van der Waals surface area contributed by atoms with E-state index in [-0.39, 0.29) is 37.4 Å². The number of amides is 2. The molecule has 3 atom stereocenters. The lowest BCUT2D eigenvalue weighted by Crippen LogP contribution is -2.55. The summed E-state index contributed by atoms with van der Waals surface area (Å²) < 4.78 is 22.3. The summed E-state index contributed by atoms with van der Waals surface area (Å²) in [5, 5.41) is 18.2. The zero-order valence-corrected chi connectivity index (χ0v) is 19.6. The Kier molecular flexibility index (Phi) is 6.98. The van der Waals surface area contributed by atoms with Gasteiger partial charge >= 0.3 is 0 Å². The van der Waals surface area contributed by atoms with Crippen molar-refractivity contribution in [2.75, 3.05) is 33.0 Å². The van der Waals surface area contributed by atoms with Gasteiger partial charge in [-0.05, 0) is 49.8 Å². The lowest BCUT2D eigenvalue weighted by molar-refractivity contribution is -0.131. The molecule has 0 aromatic carbocycles. The topological polar surface area (TPSA) is 127 Å². The maximum Gasteiger partial charge on any atom is 0.264 e. The molecule has 1 saturated heterocycles. The predicted molar refractivity (Wildman–Crippen MR) is 119 cm³/mol. The fourth-order valence-corrected chi connectivity index (χ4v) is 5.53. The van der Waals surface area contributed by atoms with Crippen molar-refractivity contribution in [3.63, 3.8) is 0 Å². The highest BCUT2D eigenvalue weighted by atomic mass is 32.2. The van der Waals surface area contributed by atoms with Gasteiger partial charge in [0.15, 0.2) is 14.6 Å². The van der Waals surface area contributed by atoms with Crippen molar-refractivity contribution in [1.82, 2.24) is 15.3 Å². The van der Waals surface area contributed by atoms with Crippen LogP contribution in [0.2, 0.25) is 0 Å². The fraction of sp³-hybridized carbons (Fsp3) is 0.524. The summed E-state index contributed by atoms with van der Waals surface area (Å²) in [6.45, 7) is 2.43. The van der Waals surface area contributed by atoms with E-state index in [1.807, 2.05) is 18.0 Å². The van der Waals surface area contributed by atoms with Crippen LogP contribution >= 0.6 is 11.3 Å². The van der Waals surface area contributed by atoms with Gasteiger partial charge in [-0.1, -0.05) is 5.92 Å². The molecule has 11 heteroatoms. The second-order valence-electron chi connectivity index (χ2n) is 8.20. The molecule has 2 aliphatic rings. The molecule has 3 N–H and O–H groups in total. The summed E-state index contributed by atoms with van der Waals surface area (Å²) in [6.07, 6.45) is 0.776. The predicted octanol–water partition coefficient (Wildman–Crippen LogP) is -0.320. The minimum Gasteiger partial charge on any atom is -0.395 e. The molecule has 2 amide bonds. The van der Waals surface area contributed by atoms with Crippen LogP contribution in [0.15, 0.2) is 6.07 Å². The number of likely N-dealkylation sites (N-methyl/N-ethyl adjacent to an activating group) is 1. The third kappa shape index (κ3) is 4.53. The number of hydrogen-bond donors (Lipinski definition) is 3. The first-order valence-corrected chi connectivity index (χ1v) is 12.6. The second-order valence-corrected chi connectivity index (χ2v) is 11.7. The van der Waals surface area contributed by atoms with Crippen molar-refractivity contribution in [2.45, 2.75) is 30.7 Å². The molecule has 32 heavy (non-hydrogen) atoms. The van der Waals surface area contributed by atoms with Crippen LogP contribution < -0.4 is 5.48 Å². The van der Waals surface area contributed by atoms with E-state index >= 15 is 0 Å². The number of rotatable bonds is 6. The summed E-state index contributed by atoms with van der Waals surface area (Å²) in [4.78, 5) is 29.4. The van der Waals surface area contributed by atoms with Gasteiger partial charge < -0.3 is 10.0 Å². The van der Waals surface area contributed by atoms with Crippen molar-refractivity contribution in [3.8, 4) is 23.7 Å². The minimum atomic E-state index is -3.83. The number of sulfone groups is 1. The van der Waals surface area contributed by atoms with Gasteiger partial charge in [0, 0.05) is 31.9 Å². The molecule has 0 saturated carbocycles. The number of aliphatic hydroxyl groups is 1. The Morgan fingerprint density at radius 3 is 2.69 bits per heavy atom. The van der Waals surface area contributed by atoms with Crippen LogP contribution in [-0.4, -0.2) is 84.1 Å². The number of carbonyl (C=O) groups is 2. The zero-order valence-electron chi connectivity index (χ0n) is 18.0. The van der Waals surface area contributed by atoms with Crippen molar-refractivity contribution < 1.29 is 28.3 Å². The Morgan fingerprint density at radius 1 is 1.41 bits per heavy atom. The van der Waals surface area contributed by atoms with E-state index in [4.69, 9.17) is 5.21 Å². The average Bonchev–Trinajstić information content (AvgIpc) is 3.25. The van der Waals surface area contributed by atoms with E-state index in [1.165, 1.54) is 28.6 Å².